The van der Waals surface area contributed by atoms with Gasteiger partial charge in [-0.3, -0.25) is 4.79 Å². The maximum atomic E-state index is 10.9. The van der Waals surface area contributed by atoms with Crippen molar-refractivity contribution in [3.05, 3.63) is 40.3 Å². The third kappa shape index (κ3) is 1.16. The zero-order chi connectivity index (χ0) is 9.42. The van der Waals surface area contributed by atoms with Gasteiger partial charge in [0.05, 0.1) is 5.69 Å². The van der Waals surface area contributed by atoms with Crippen LogP contribution in [0.5, 0.6) is 0 Å². The Hall–Kier alpha value is -1.84. The minimum absolute atomic E-state index is 0.299. The minimum Gasteiger partial charge on any atom is -0.427 e. The molecule has 1 N–H and O–H groups in total. The van der Waals surface area contributed by atoms with Crippen LogP contribution in [0.25, 0.3) is 11.4 Å². The SMILES string of the molecule is Cc1ccc2ccc(=O)nc-2n1O. The van der Waals surface area contributed by atoms with Crippen molar-refractivity contribution in [2.24, 2.45) is 0 Å². The molecule has 0 bridgehead atoms. The largest absolute Gasteiger partial charge is 0.427 e. The summed E-state index contributed by atoms with van der Waals surface area (Å²) in [6.07, 6.45) is 0. The highest BCUT2D eigenvalue weighted by Gasteiger charge is 2.08. The van der Waals surface area contributed by atoms with Gasteiger partial charge < -0.3 is 5.21 Å². The number of hydrogen-bond acceptors (Lipinski definition) is 3. The lowest BCUT2D eigenvalue weighted by molar-refractivity contribution is 0.179. The monoisotopic (exact) mass is 176 g/mol. The molecule has 0 aromatic rings. The van der Waals surface area contributed by atoms with Crippen molar-refractivity contribution in [1.82, 2.24) is 9.71 Å². The van der Waals surface area contributed by atoms with Crippen molar-refractivity contribution in [3.8, 4) is 11.4 Å². The van der Waals surface area contributed by atoms with Crippen LogP contribution in [-0.4, -0.2) is 14.9 Å². The van der Waals surface area contributed by atoms with Gasteiger partial charge in [-0.05, 0) is 25.1 Å². The molecule has 0 saturated heterocycles. The molecule has 0 amide bonds. The van der Waals surface area contributed by atoms with Crippen LogP contribution in [0.15, 0.2) is 29.1 Å². The van der Waals surface area contributed by atoms with Crippen LogP contribution in [0.4, 0.5) is 0 Å². The molecule has 2 aliphatic heterocycles. The number of fused-ring (bicyclic) bond motifs is 1. The molecule has 0 fully saturated rings. The first-order valence-corrected chi connectivity index (χ1v) is 3.87. The zero-order valence-corrected chi connectivity index (χ0v) is 7.06. The van der Waals surface area contributed by atoms with E-state index in [0.717, 1.165) is 10.3 Å². The van der Waals surface area contributed by atoms with Crippen molar-refractivity contribution in [3.63, 3.8) is 0 Å². The van der Waals surface area contributed by atoms with Gasteiger partial charge >= 0.3 is 0 Å². The van der Waals surface area contributed by atoms with Crippen LogP contribution in [0.3, 0.4) is 0 Å². The average molecular weight is 176 g/mol. The third-order valence-electron chi connectivity index (χ3n) is 1.92. The van der Waals surface area contributed by atoms with Crippen LogP contribution in [0, 0.1) is 6.92 Å². The molecule has 66 valence electrons. The number of pyridine rings is 2. The van der Waals surface area contributed by atoms with Gasteiger partial charge in [0.1, 0.15) is 0 Å². The van der Waals surface area contributed by atoms with E-state index in [1.54, 1.807) is 19.1 Å². The average Bonchev–Trinajstić information content (AvgIpc) is 2.12. The standard InChI is InChI=1S/C9H8N2O2/c1-6-2-3-7-4-5-8(12)10-9(7)11(6)13/h2-5,13H,1H3. The maximum absolute atomic E-state index is 10.9. The van der Waals surface area contributed by atoms with Gasteiger partial charge in [-0.15, -0.1) is 0 Å². The molecular weight excluding hydrogens is 168 g/mol. The van der Waals surface area contributed by atoms with Crippen LogP contribution in [0.1, 0.15) is 5.69 Å². The van der Waals surface area contributed by atoms with Crippen LogP contribution < -0.4 is 5.56 Å². The van der Waals surface area contributed by atoms with Crippen molar-refractivity contribution in [2.75, 3.05) is 0 Å². The van der Waals surface area contributed by atoms with Crippen molar-refractivity contribution >= 4 is 0 Å². The van der Waals surface area contributed by atoms with E-state index in [-0.39, 0.29) is 5.56 Å². The molecule has 0 unspecified atom stereocenters. The summed E-state index contributed by atoms with van der Waals surface area (Å²) in [5, 5.41) is 9.50. The number of hydrogen-bond donors (Lipinski definition) is 1. The van der Waals surface area contributed by atoms with E-state index in [9.17, 15) is 10.0 Å². The fraction of sp³-hybridized carbons (Fsp3) is 0.111. The quantitative estimate of drug-likeness (QED) is 0.606. The fourth-order valence-electron chi connectivity index (χ4n) is 1.19. The predicted molar refractivity (Wildman–Crippen MR) is 47.0 cm³/mol. The lowest BCUT2D eigenvalue weighted by atomic mass is 10.2. The number of nitrogens with zero attached hydrogens (tertiary/aromatic N) is 2. The van der Waals surface area contributed by atoms with E-state index in [2.05, 4.69) is 4.98 Å². The van der Waals surface area contributed by atoms with Gasteiger partial charge in [0.2, 0.25) is 0 Å². The van der Waals surface area contributed by atoms with E-state index >= 15 is 0 Å². The Kier molecular flexibility index (Phi) is 1.55. The van der Waals surface area contributed by atoms with Gasteiger partial charge in [0.25, 0.3) is 5.56 Å². The van der Waals surface area contributed by atoms with Gasteiger partial charge in [0, 0.05) is 11.6 Å². The highest BCUT2D eigenvalue weighted by atomic mass is 16.5. The summed E-state index contributed by atoms with van der Waals surface area (Å²) in [4.78, 5) is 14.6. The smallest absolute Gasteiger partial charge is 0.271 e. The summed E-state index contributed by atoms with van der Waals surface area (Å²) >= 11 is 0. The second kappa shape index (κ2) is 2.58. The second-order valence-electron chi connectivity index (χ2n) is 2.85. The third-order valence-corrected chi connectivity index (χ3v) is 1.92. The Morgan fingerprint density at radius 1 is 1.31 bits per heavy atom. The highest BCUT2D eigenvalue weighted by Crippen LogP contribution is 2.16. The van der Waals surface area contributed by atoms with E-state index in [1.165, 1.54) is 6.07 Å². The summed E-state index contributed by atoms with van der Waals surface area (Å²) in [5.41, 5.74) is 1.04. The van der Waals surface area contributed by atoms with Gasteiger partial charge in [-0.1, -0.05) is 0 Å². The zero-order valence-electron chi connectivity index (χ0n) is 7.06. The molecule has 13 heavy (non-hydrogen) atoms. The Morgan fingerprint density at radius 3 is 2.77 bits per heavy atom. The number of aromatic nitrogens is 2. The maximum Gasteiger partial charge on any atom is 0.271 e. The van der Waals surface area contributed by atoms with Crippen LogP contribution >= 0.6 is 0 Å². The highest BCUT2D eigenvalue weighted by molar-refractivity contribution is 5.56. The van der Waals surface area contributed by atoms with Crippen molar-refractivity contribution < 1.29 is 5.21 Å². The molecular formula is C9H8N2O2. The molecule has 2 rings (SSSR count). The molecule has 4 heteroatoms. The summed E-state index contributed by atoms with van der Waals surface area (Å²) in [5.74, 6) is 0.299. The molecule has 2 aliphatic rings. The fourth-order valence-corrected chi connectivity index (χ4v) is 1.19. The lowest BCUT2D eigenvalue weighted by Crippen LogP contribution is -2.12. The van der Waals surface area contributed by atoms with Gasteiger partial charge in [0.15, 0.2) is 5.82 Å². The van der Waals surface area contributed by atoms with E-state index in [1.807, 2.05) is 6.07 Å². The normalized spacial score (nSPS) is 10.5. The second-order valence-corrected chi connectivity index (χ2v) is 2.85. The summed E-state index contributed by atoms with van der Waals surface area (Å²) in [7, 11) is 0. The topological polar surface area (TPSA) is 55.1 Å². The number of rotatable bonds is 0. The summed E-state index contributed by atoms with van der Waals surface area (Å²) < 4.78 is 0.913. The first-order valence-electron chi connectivity index (χ1n) is 3.87. The molecule has 4 nitrogen and oxygen atoms in total. The first-order chi connectivity index (χ1) is 6.18. The van der Waals surface area contributed by atoms with Crippen LogP contribution in [0.2, 0.25) is 0 Å². The Balaban J connectivity index is 2.89. The molecule has 0 atom stereocenters. The van der Waals surface area contributed by atoms with E-state index in [4.69, 9.17) is 0 Å². The molecule has 0 radical (unpaired) electrons. The van der Waals surface area contributed by atoms with E-state index < -0.39 is 0 Å². The molecule has 0 aliphatic carbocycles. The molecule has 0 aromatic heterocycles. The Labute approximate surface area is 74.4 Å². The predicted octanol–water partition coefficient (Wildman–Crippen LogP) is 0.894. The number of aryl methyl sites for hydroxylation is 1. The summed E-state index contributed by atoms with van der Waals surface area (Å²) in [6.45, 7) is 1.73. The van der Waals surface area contributed by atoms with Gasteiger partial charge in [-0.2, -0.15) is 9.71 Å². The molecule has 2 heterocycles. The van der Waals surface area contributed by atoms with Crippen molar-refractivity contribution in [2.45, 2.75) is 6.92 Å². The molecule has 0 saturated carbocycles. The van der Waals surface area contributed by atoms with E-state index in [0.29, 0.717) is 11.5 Å². The summed E-state index contributed by atoms with van der Waals surface area (Å²) in [6, 6.07) is 6.58. The van der Waals surface area contributed by atoms with Crippen LogP contribution in [-0.2, 0) is 0 Å². The lowest BCUT2D eigenvalue weighted by Gasteiger charge is -2.09. The molecule has 0 spiro atoms. The minimum atomic E-state index is -0.346. The first kappa shape index (κ1) is 7.79. The molecule has 0 aromatic carbocycles. The Bertz CT molecular complexity index is 476. The van der Waals surface area contributed by atoms with Crippen molar-refractivity contribution in [1.29, 1.82) is 0 Å². The van der Waals surface area contributed by atoms with Gasteiger partial charge in [-0.25, -0.2) is 0 Å². The Morgan fingerprint density at radius 2 is 2.00 bits per heavy atom.